The molecule has 0 radical (unpaired) electrons. The number of amides is 2. The van der Waals surface area contributed by atoms with Crippen LogP contribution in [0.4, 0.5) is 0 Å². The van der Waals surface area contributed by atoms with Crippen LogP contribution < -0.4 is 10.6 Å². The van der Waals surface area contributed by atoms with Crippen molar-refractivity contribution in [2.75, 3.05) is 13.1 Å². The molecule has 4 aromatic rings. The number of carboxylic acids is 2. The molecule has 11 heteroatoms. The van der Waals surface area contributed by atoms with Gasteiger partial charge in [-0.15, -0.1) is 0 Å². The van der Waals surface area contributed by atoms with Crippen molar-refractivity contribution in [3.05, 3.63) is 108 Å². The molecule has 0 saturated carbocycles. The van der Waals surface area contributed by atoms with E-state index in [9.17, 15) is 19.2 Å². The fraction of sp³-hybridized carbons (Fsp3) is 0.100. The summed E-state index contributed by atoms with van der Waals surface area (Å²) in [6.45, 7) is 1.12. The molecule has 0 aliphatic carbocycles. The molecule has 0 bridgehead atoms. The van der Waals surface area contributed by atoms with Gasteiger partial charge in [-0.2, -0.15) is 5.26 Å². The van der Waals surface area contributed by atoms with Gasteiger partial charge >= 0.3 is 11.9 Å². The Balaban J connectivity index is 0.000000226. The summed E-state index contributed by atoms with van der Waals surface area (Å²) in [5.41, 5.74) is 5.47. The first kappa shape index (κ1) is 29.7. The first-order valence-corrected chi connectivity index (χ1v) is 12.2. The number of benzene rings is 2. The maximum absolute atomic E-state index is 11.8. The van der Waals surface area contributed by atoms with Gasteiger partial charge in [0.1, 0.15) is 24.5 Å². The van der Waals surface area contributed by atoms with E-state index in [1.54, 1.807) is 48.5 Å². The van der Waals surface area contributed by atoms with Crippen molar-refractivity contribution < 1.29 is 29.4 Å². The van der Waals surface area contributed by atoms with Gasteiger partial charge in [0, 0.05) is 12.4 Å². The molecule has 2 amide bonds. The Kier molecular flexibility index (Phi) is 10.4. The molecule has 0 unspecified atom stereocenters. The molecule has 0 aliphatic rings. The Labute approximate surface area is 235 Å². The van der Waals surface area contributed by atoms with E-state index in [-0.39, 0.29) is 11.4 Å². The van der Waals surface area contributed by atoms with Gasteiger partial charge in [-0.1, -0.05) is 42.0 Å². The van der Waals surface area contributed by atoms with E-state index in [1.165, 1.54) is 12.4 Å². The lowest BCUT2D eigenvalue weighted by molar-refractivity contribution is -0.136. The quantitative estimate of drug-likeness (QED) is 0.255. The molecule has 0 aliphatic heterocycles. The highest BCUT2D eigenvalue weighted by molar-refractivity contribution is 5.95. The number of carbonyl (C=O) groups is 4. The van der Waals surface area contributed by atoms with Gasteiger partial charge in [0.25, 0.3) is 11.8 Å². The fourth-order valence-electron chi connectivity index (χ4n) is 3.44. The third kappa shape index (κ3) is 9.12. The van der Waals surface area contributed by atoms with Gasteiger partial charge in [-0.05, 0) is 65.6 Å². The lowest BCUT2D eigenvalue weighted by atomic mass is 10.0. The third-order valence-corrected chi connectivity index (χ3v) is 5.52. The number of rotatable bonds is 8. The molecule has 0 fully saturated rings. The summed E-state index contributed by atoms with van der Waals surface area (Å²) in [7, 11) is 0. The summed E-state index contributed by atoms with van der Waals surface area (Å²) in [4.78, 5) is 52.2. The molecule has 4 N–H and O–H groups in total. The first-order valence-electron chi connectivity index (χ1n) is 12.2. The van der Waals surface area contributed by atoms with Gasteiger partial charge in [-0.3, -0.25) is 29.1 Å². The zero-order valence-corrected chi connectivity index (χ0v) is 21.9. The number of carboxylic acid groups (broad SMARTS) is 2. The number of aromatic nitrogens is 2. The Hall–Kier alpha value is -5.89. The van der Waals surface area contributed by atoms with Crippen LogP contribution in [0.5, 0.6) is 0 Å². The number of carbonyl (C=O) groups excluding carboxylic acids is 2. The van der Waals surface area contributed by atoms with Crippen molar-refractivity contribution in [1.82, 2.24) is 20.6 Å². The number of hydrogen-bond acceptors (Lipinski definition) is 7. The second-order valence-corrected chi connectivity index (χ2v) is 8.57. The average molecular weight is 552 g/mol. The van der Waals surface area contributed by atoms with E-state index in [4.69, 9.17) is 15.5 Å². The molecular formula is C30H25N5O6. The molecule has 0 saturated heterocycles. The highest BCUT2D eigenvalue weighted by Gasteiger charge is 2.11. The number of pyridine rings is 2. The van der Waals surface area contributed by atoms with Crippen LogP contribution in [0, 0.1) is 18.3 Å². The molecule has 41 heavy (non-hydrogen) atoms. The van der Waals surface area contributed by atoms with E-state index in [1.807, 2.05) is 37.3 Å². The lowest BCUT2D eigenvalue weighted by Gasteiger charge is -2.05. The Bertz CT molecular complexity index is 1600. The molecular weight excluding hydrogens is 526 g/mol. The SMILES string of the molecule is Cc1ccc(-c2ccnc(C(=O)NCC(=O)O)c2)cc1.N#Cc1ccc(-c2ccnc(C(=O)NCC(=O)O)c2)cc1. The van der Waals surface area contributed by atoms with Crippen molar-refractivity contribution in [2.45, 2.75) is 6.92 Å². The number of nitriles is 1. The minimum Gasteiger partial charge on any atom is -0.480 e. The van der Waals surface area contributed by atoms with Crippen molar-refractivity contribution in [3.8, 4) is 28.3 Å². The summed E-state index contributed by atoms with van der Waals surface area (Å²) in [5.74, 6) is -3.26. The minimum atomic E-state index is -1.12. The molecule has 0 atom stereocenters. The molecule has 2 heterocycles. The van der Waals surface area contributed by atoms with E-state index in [2.05, 4.69) is 20.6 Å². The standard InChI is InChI=1S/C15H11N3O3.C15H14N2O3/c16-8-10-1-3-11(4-2-10)12-5-6-17-13(7-12)15(21)18-9-14(19)20;1-10-2-4-11(5-3-10)12-6-7-16-13(8-12)15(20)17-9-14(18)19/h1-7H,9H2,(H,18,21)(H,19,20);2-8H,9H2,1H3,(H,17,20)(H,18,19). The summed E-state index contributed by atoms with van der Waals surface area (Å²) >= 11 is 0. The lowest BCUT2D eigenvalue weighted by Crippen LogP contribution is -2.29. The highest BCUT2D eigenvalue weighted by Crippen LogP contribution is 2.21. The van der Waals surface area contributed by atoms with Crippen molar-refractivity contribution in [2.24, 2.45) is 0 Å². The summed E-state index contributed by atoms with van der Waals surface area (Å²) in [6, 6.07) is 23.6. The van der Waals surface area contributed by atoms with Crippen LogP contribution >= 0.6 is 0 Å². The van der Waals surface area contributed by atoms with Crippen LogP contribution in [0.15, 0.2) is 85.2 Å². The van der Waals surface area contributed by atoms with Gasteiger partial charge < -0.3 is 20.8 Å². The average Bonchev–Trinajstić information content (AvgIpc) is 2.99. The normalized spacial score (nSPS) is 9.85. The third-order valence-electron chi connectivity index (χ3n) is 5.52. The fourth-order valence-corrected chi connectivity index (χ4v) is 3.44. The van der Waals surface area contributed by atoms with Gasteiger partial charge in [0.15, 0.2) is 0 Å². The minimum absolute atomic E-state index is 0.137. The molecule has 4 rings (SSSR count). The number of nitrogens with zero attached hydrogens (tertiary/aromatic N) is 3. The molecule has 11 nitrogen and oxygen atoms in total. The van der Waals surface area contributed by atoms with Gasteiger partial charge in [0.05, 0.1) is 11.6 Å². The monoisotopic (exact) mass is 551 g/mol. The van der Waals surface area contributed by atoms with Crippen molar-refractivity contribution in [1.29, 1.82) is 5.26 Å². The maximum Gasteiger partial charge on any atom is 0.322 e. The first-order chi connectivity index (χ1) is 19.7. The van der Waals surface area contributed by atoms with Crippen LogP contribution in [0.25, 0.3) is 22.3 Å². The summed E-state index contributed by atoms with van der Waals surface area (Å²) < 4.78 is 0. The second-order valence-electron chi connectivity index (χ2n) is 8.57. The zero-order chi connectivity index (χ0) is 29.8. The van der Waals surface area contributed by atoms with Crippen LogP contribution in [-0.2, 0) is 9.59 Å². The molecule has 2 aromatic heterocycles. The predicted octanol–water partition coefficient (Wildman–Crippen LogP) is 3.31. The van der Waals surface area contributed by atoms with Gasteiger partial charge in [-0.25, -0.2) is 0 Å². The Morgan fingerprint density at radius 2 is 1.10 bits per heavy atom. The topological polar surface area (TPSA) is 182 Å². The molecule has 0 spiro atoms. The summed E-state index contributed by atoms with van der Waals surface area (Å²) in [6.07, 6.45) is 3.01. The Morgan fingerprint density at radius 1 is 0.683 bits per heavy atom. The van der Waals surface area contributed by atoms with Crippen molar-refractivity contribution in [3.63, 3.8) is 0 Å². The molecule has 2 aromatic carbocycles. The van der Waals surface area contributed by atoms with Crippen LogP contribution in [0.2, 0.25) is 0 Å². The smallest absolute Gasteiger partial charge is 0.322 e. The van der Waals surface area contributed by atoms with Gasteiger partial charge in [0.2, 0.25) is 0 Å². The summed E-state index contributed by atoms with van der Waals surface area (Å²) in [5, 5.41) is 30.4. The Morgan fingerprint density at radius 3 is 1.49 bits per heavy atom. The van der Waals surface area contributed by atoms with E-state index >= 15 is 0 Å². The van der Waals surface area contributed by atoms with Crippen molar-refractivity contribution >= 4 is 23.8 Å². The molecule has 206 valence electrons. The number of hydrogen-bond donors (Lipinski definition) is 4. The van der Waals surface area contributed by atoms with Crippen LogP contribution in [-0.4, -0.2) is 57.0 Å². The largest absolute Gasteiger partial charge is 0.480 e. The van der Waals surface area contributed by atoms with E-state index in [0.29, 0.717) is 5.56 Å². The number of aliphatic carboxylic acids is 2. The van der Waals surface area contributed by atoms with Crippen LogP contribution in [0.3, 0.4) is 0 Å². The second kappa shape index (κ2) is 14.3. The number of aryl methyl sites for hydroxylation is 1. The highest BCUT2D eigenvalue weighted by atomic mass is 16.4. The zero-order valence-electron chi connectivity index (χ0n) is 21.9. The van der Waals surface area contributed by atoms with Crippen LogP contribution in [0.1, 0.15) is 32.1 Å². The maximum atomic E-state index is 11.8. The number of nitrogens with one attached hydrogen (secondary N) is 2. The van der Waals surface area contributed by atoms with E-state index in [0.717, 1.165) is 27.8 Å². The van der Waals surface area contributed by atoms with E-state index < -0.39 is 36.8 Å². The predicted molar refractivity (Wildman–Crippen MR) is 149 cm³/mol.